The highest BCUT2D eigenvalue weighted by Gasteiger charge is 2.14. The third-order valence-electron chi connectivity index (χ3n) is 4.94. The molecule has 3 aromatic carbocycles. The van der Waals surface area contributed by atoms with E-state index in [4.69, 9.17) is 5.11 Å². The molecule has 3 nitrogen and oxygen atoms in total. The number of aliphatic hydroxyl groups excluding tert-OH is 1. The van der Waals surface area contributed by atoms with Crippen LogP contribution < -0.4 is 0 Å². The zero-order chi connectivity index (χ0) is 21.3. The molecule has 0 spiro atoms. The topological polar surface area (TPSA) is 60.7 Å². The summed E-state index contributed by atoms with van der Waals surface area (Å²) >= 11 is 0. The number of benzene rings is 3. The summed E-state index contributed by atoms with van der Waals surface area (Å²) in [4.78, 5) is 0. The Kier molecular flexibility index (Phi) is 7.32. The molecule has 0 bridgehead atoms. The molecule has 0 aliphatic rings. The first-order valence-corrected chi connectivity index (χ1v) is 10.1. The maximum Gasteiger partial charge on any atom is 0.115 e. The molecular formula is C27H26O3. The van der Waals surface area contributed by atoms with E-state index in [1.807, 2.05) is 36.4 Å². The second-order valence-corrected chi connectivity index (χ2v) is 7.09. The van der Waals surface area contributed by atoms with Gasteiger partial charge in [0.25, 0.3) is 0 Å². The highest BCUT2D eigenvalue weighted by atomic mass is 16.3. The molecular weight excluding hydrogens is 372 g/mol. The number of unbranched alkanes of at least 4 members (excludes halogenated alkanes) is 1. The second-order valence-electron chi connectivity index (χ2n) is 7.09. The molecule has 0 unspecified atom stereocenters. The van der Waals surface area contributed by atoms with Crippen LogP contribution in [0.2, 0.25) is 0 Å². The zero-order valence-corrected chi connectivity index (χ0v) is 17.1. The summed E-state index contributed by atoms with van der Waals surface area (Å²) in [6.07, 6.45) is 3.01. The van der Waals surface area contributed by atoms with E-state index >= 15 is 0 Å². The molecule has 0 saturated heterocycles. The standard InChI is InChI=1S/C27H26O3/c1-2-3-6-26(21-9-7-20(8-10-21)5-4-19-28)27(22-11-15-24(29)16-12-22)23-13-17-25(30)18-14-23/h7-18,28-30H,2-3,6,19H2,1H3. The molecule has 3 heteroatoms. The van der Waals surface area contributed by atoms with E-state index in [-0.39, 0.29) is 18.1 Å². The molecule has 30 heavy (non-hydrogen) atoms. The largest absolute Gasteiger partial charge is 0.508 e. The molecule has 3 rings (SSSR count). The lowest BCUT2D eigenvalue weighted by Crippen LogP contribution is -1.96. The minimum Gasteiger partial charge on any atom is -0.508 e. The number of allylic oxidation sites excluding steroid dienone is 1. The lowest BCUT2D eigenvalue weighted by Gasteiger charge is -2.18. The molecule has 0 saturated carbocycles. The van der Waals surface area contributed by atoms with Gasteiger partial charge >= 0.3 is 0 Å². The van der Waals surface area contributed by atoms with Crippen LogP contribution in [0.15, 0.2) is 72.8 Å². The van der Waals surface area contributed by atoms with Crippen LogP contribution in [0.4, 0.5) is 0 Å². The predicted molar refractivity (Wildman–Crippen MR) is 122 cm³/mol. The van der Waals surface area contributed by atoms with Crippen molar-refractivity contribution >= 4 is 11.1 Å². The summed E-state index contributed by atoms with van der Waals surface area (Å²) in [7, 11) is 0. The summed E-state index contributed by atoms with van der Waals surface area (Å²) in [5, 5.41) is 28.4. The summed E-state index contributed by atoms with van der Waals surface area (Å²) in [6, 6.07) is 22.5. The van der Waals surface area contributed by atoms with Gasteiger partial charge in [0, 0.05) is 5.56 Å². The van der Waals surface area contributed by atoms with Crippen LogP contribution in [0, 0.1) is 11.8 Å². The summed E-state index contributed by atoms with van der Waals surface area (Å²) in [5.74, 6) is 6.07. The van der Waals surface area contributed by atoms with Crippen LogP contribution in [0.1, 0.15) is 48.4 Å². The molecule has 0 atom stereocenters. The van der Waals surface area contributed by atoms with Crippen LogP contribution >= 0.6 is 0 Å². The van der Waals surface area contributed by atoms with E-state index in [1.165, 1.54) is 5.57 Å². The van der Waals surface area contributed by atoms with Crippen molar-refractivity contribution in [1.29, 1.82) is 0 Å². The van der Waals surface area contributed by atoms with Gasteiger partial charge < -0.3 is 15.3 Å². The summed E-state index contributed by atoms with van der Waals surface area (Å²) in [5.41, 5.74) is 6.27. The van der Waals surface area contributed by atoms with Crippen LogP contribution in [0.25, 0.3) is 11.1 Å². The fourth-order valence-corrected chi connectivity index (χ4v) is 3.43. The SMILES string of the molecule is CCCCC(=C(c1ccc(O)cc1)c1ccc(O)cc1)c1ccc(C#CCO)cc1. The number of aromatic hydroxyl groups is 2. The van der Waals surface area contributed by atoms with E-state index in [9.17, 15) is 10.2 Å². The van der Waals surface area contributed by atoms with Crippen molar-refractivity contribution in [2.24, 2.45) is 0 Å². The average molecular weight is 399 g/mol. The number of hydrogen-bond donors (Lipinski definition) is 3. The fourth-order valence-electron chi connectivity index (χ4n) is 3.43. The summed E-state index contributed by atoms with van der Waals surface area (Å²) in [6.45, 7) is 2.02. The van der Waals surface area contributed by atoms with E-state index in [0.29, 0.717) is 0 Å². The highest BCUT2D eigenvalue weighted by Crippen LogP contribution is 2.36. The van der Waals surface area contributed by atoms with Crippen molar-refractivity contribution in [2.75, 3.05) is 6.61 Å². The van der Waals surface area contributed by atoms with E-state index in [0.717, 1.165) is 47.1 Å². The van der Waals surface area contributed by atoms with Gasteiger partial charge in [-0.1, -0.05) is 61.6 Å². The van der Waals surface area contributed by atoms with Gasteiger partial charge in [0.15, 0.2) is 0 Å². The highest BCUT2D eigenvalue weighted by molar-refractivity contribution is 5.98. The van der Waals surface area contributed by atoms with E-state index in [1.54, 1.807) is 24.3 Å². The van der Waals surface area contributed by atoms with Crippen LogP contribution in [-0.2, 0) is 0 Å². The van der Waals surface area contributed by atoms with Crippen molar-refractivity contribution in [1.82, 2.24) is 0 Å². The molecule has 0 aromatic heterocycles. The quantitative estimate of drug-likeness (QED) is 0.375. The first-order valence-electron chi connectivity index (χ1n) is 10.1. The van der Waals surface area contributed by atoms with Crippen LogP contribution in [-0.4, -0.2) is 21.9 Å². The van der Waals surface area contributed by atoms with Gasteiger partial charge in [0.1, 0.15) is 18.1 Å². The van der Waals surface area contributed by atoms with Crippen LogP contribution in [0.5, 0.6) is 11.5 Å². The van der Waals surface area contributed by atoms with E-state index in [2.05, 4.69) is 30.9 Å². The van der Waals surface area contributed by atoms with Gasteiger partial charge in [-0.05, 0) is 77.1 Å². The van der Waals surface area contributed by atoms with Crippen molar-refractivity contribution in [3.63, 3.8) is 0 Å². The molecule has 0 aliphatic carbocycles. The number of phenolic OH excluding ortho intramolecular Hbond substituents is 2. The van der Waals surface area contributed by atoms with Gasteiger partial charge in [-0.2, -0.15) is 0 Å². The first kappa shape index (κ1) is 21.2. The van der Waals surface area contributed by atoms with Gasteiger partial charge in [-0.3, -0.25) is 0 Å². The summed E-state index contributed by atoms with van der Waals surface area (Å²) < 4.78 is 0. The maximum absolute atomic E-state index is 9.76. The normalized spacial score (nSPS) is 10.2. The number of hydrogen-bond acceptors (Lipinski definition) is 3. The minimum atomic E-state index is -0.157. The van der Waals surface area contributed by atoms with Gasteiger partial charge in [0.2, 0.25) is 0 Å². The van der Waals surface area contributed by atoms with Gasteiger partial charge in [0.05, 0.1) is 0 Å². The lowest BCUT2D eigenvalue weighted by atomic mass is 9.86. The molecule has 3 N–H and O–H groups in total. The smallest absolute Gasteiger partial charge is 0.115 e. The Bertz CT molecular complexity index is 1000. The van der Waals surface area contributed by atoms with Crippen molar-refractivity contribution in [3.8, 4) is 23.3 Å². The monoisotopic (exact) mass is 398 g/mol. The molecule has 152 valence electrons. The van der Waals surface area contributed by atoms with Crippen LogP contribution in [0.3, 0.4) is 0 Å². The zero-order valence-electron chi connectivity index (χ0n) is 17.1. The fraction of sp³-hybridized carbons (Fsp3) is 0.185. The van der Waals surface area contributed by atoms with E-state index < -0.39 is 0 Å². The molecule has 0 fully saturated rings. The van der Waals surface area contributed by atoms with Gasteiger partial charge in [-0.25, -0.2) is 0 Å². The molecule has 0 radical (unpaired) electrons. The third kappa shape index (κ3) is 5.31. The lowest BCUT2D eigenvalue weighted by molar-refractivity contribution is 0.350. The van der Waals surface area contributed by atoms with Crippen molar-refractivity contribution in [3.05, 3.63) is 95.1 Å². The predicted octanol–water partition coefficient (Wildman–Crippen LogP) is 5.59. The number of rotatable bonds is 6. The molecule has 0 heterocycles. The Labute approximate surface area is 178 Å². The Balaban J connectivity index is 2.20. The third-order valence-corrected chi connectivity index (χ3v) is 4.94. The Morgan fingerprint density at radius 2 is 1.23 bits per heavy atom. The maximum atomic E-state index is 9.76. The average Bonchev–Trinajstić information content (AvgIpc) is 2.77. The van der Waals surface area contributed by atoms with Gasteiger partial charge in [-0.15, -0.1) is 0 Å². The number of aliphatic hydroxyl groups is 1. The molecule has 3 aromatic rings. The minimum absolute atomic E-state index is 0.157. The van der Waals surface area contributed by atoms with Crippen molar-refractivity contribution < 1.29 is 15.3 Å². The second kappa shape index (κ2) is 10.3. The Morgan fingerprint density at radius 1 is 0.733 bits per heavy atom. The Hall–Kier alpha value is -3.48. The Morgan fingerprint density at radius 3 is 1.70 bits per heavy atom. The molecule has 0 amide bonds. The van der Waals surface area contributed by atoms with Crippen molar-refractivity contribution in [2.45, 2.75) is 26.2 Å². The number of phenols is 2. The first-order chi connectivity index (χ1) is 14.6. The molecule has 0 aliphatic heterocycles.